The number of anilines is 1. The third-order valence-corrected chi connectivity index (χ3v) is 6.28. The summed E-state index contributed by atoms with van der Waals surface area (Å²) in [5.74, 6) is -0.108. The van der Waals surface area contributed by atoms with E-state index in [0.29, 0.717) is 18.0 Å². The highest BCUT2D eigenvalue weighted by molar-refractivity contribution is 9.10. The molecule has 178 valence electrons. The van der Waals surface area contributed by atoms with Crippen molar-refractivity contribution in [2.24, 2.45) is 0 Å². The van der Waals surface area contributed by atoms with Crippen LogP contribution < -0.4 is 10.6 Å². The molecule has 0 bridgehead atoms. The van der Waals surface area contributed by atoms with E-state index < -0.39 is 11.6 Å². The molecule has 1 aliphatic rings. The van der Waals surface area contributed by atoms with Crippen molar-refractivity contribution in [1.29, 1.82) is 0 Å². The summed E-state index contributed by atoms with van der Waals surface area (Å²) in [5, 5.41) is 6.49. The first kappa shape index (κ1) is 25.5. The van der Waals surface area contributed by atoms with Crippen molar-refractivity contribution < 1.29 is 14.3 Å². The van der Waals surface area contributed by atoms with Crippen molar-refractivity contribution in [2.45, 2.75) is 58.2 Å². The first-order valence-corrected chi connectivity index (χ1v) is 12.2. The van der Waals surface area contributed by atoms with Crippen LogP contribution in [0.1, 0.15) is 45.7 Å². The molecule has 1 atom stereocenters. The minimum atomic E-state index is -0.973. The lowest BCUT2D eigenvalue weighted by Crippen LogP contribution is -2.56. The van der Waals surface area contributed by atoms with Gasteiger partial charge in [-0.15, -0.1) is 0 Å². The van der Waals surface area contributed by atoms with Gasteiger partial charge in [-0.2, -0.15) is 0 Å². The van der Waals surface area contributed by atoms with Crippen molar-refractivity contribution in [1.82, 2.24) is 10.2 Å². The number of amides is 2. The van der Waals surface area contributed by atoms with Gasteiger partial charge in [0.2, 0.25) is 5.91 Å². The number of fused-ring (bicyclic) bond motifs is 1. The average molecular weight is 537 g/mol. The fraction of sp³-hybridized carbons (Fsp3) is 0.440. The monoisotopic (exact) mass is 535 g/mol. The van der Waals surface area contributed by atoms with Crippen LogP contribution in [0.15, 0.2) is 46.9 Å². The fourth-order valence-electron chi connectivity index (χ4n) is 4.30. The van der Waals surface area contributed by atoms with Crippen LogP contribution in [0.4, 0.5) is 10.5 Å². The second kappa shape index (κ2) is 10.0. The Kier molecular flexibility index (Phi) is 7.76. The molecule has 0 radical (unpaired) electrons. The normalized spacial score (nSPS) is 17.8. The number of nitrogens with one attached hydrogen (secondary N) is 2. The van der Waals surface area contributed by atoms with Gasteiger partial charge in [-0.1, -0.05) is 45.7 Å². The lowest BCUT2D eigenvalue weighted by molar-refractivity contribution is -0.129. The van der Waals surface area contributed by atoms with E-state index in [4.69, 9.17) is 16.3 Å². The maximum Gasteiger partial charge on any atom is 0.407 e. The van der Waals surface area contributed by atoms with Crippen LogP contribution in [0.25, 0.3) is 0 Å². The van der Waals surface area contributed by atoms with Crippen LogP contribution in [0.3, 0.4) is 0 Å². The molecule has 0 aromatic heterocycles. The molecular weight excluding hydrogens is 506 g/mol. The Morgan fingerprint density at radius 2 is 1.97 bits per heavy atom. The fourth-order valence-corrected chi connectivity index (χ4v) is 4.88. The molecule has 1 aliphatic heterocycles. The second-order valence-corrected chi connectivity index (χ2v) is 11.0. The summed E-state index contributed by atoms with van der Waals surface area (Å²) in [6.07, 6.45) is -0.0456. The van der Waals surface area contributed by atoms with Crippen molar-refractivity contribution in [3.8, 4) is 0 Å². The van der Waals surface area contributed by atoms with Crippen molar-refractivity contribution >= 4 is 45.2 Å². The smallest absolute Gasteiger partial charge is 0.407 e. The average Bonchev–Trinajstić information content (AvgIpc) is 2.94. The van der Waals surface area contributed by atoms with E-state index in [9.17, 15) is 9.59 Å². The van der Waals surface area contributed by atoms with Gasteiger partial charge >= 0.3 is 6.09 Å². The number of halogens is 2. The zero-order chi connectivity index (χ0) is 24.4. The largest absolute Gasteiger partial charge is 0.448 e. The van der Waals surface area contributed by atoms with Gasteiger partial charge in [-0.05, 0) is 64.4 Å². The van der Waals surface area contributed by atoms with Crippen LogP contribution in [0.5, 0.6) is 0 Å². The quantitative estimate of drug-likeness (QED) is 0.474. The summed E-state index contributed by atoms with van der Waals surface area (Å²) < 4.78 is 6.35. The van der Waals surface area contributed by atoms with Gasteiger partial charge in [0.05, 0.1) is 0 Å². The van der Waals surface area contributed by atoms with E-state index in [0.717, 1.165) is 21.3 Å². The van der Waals surface area contributed by atoms with Gasteiger partial charge in [0.25, 0.3) is 0 Å². The Bertz CT molecular complexity index is 1040. The molecule has 0 aliphatic carbocycles. The summed E-state index contributed by atoms with van der Waals surface area (Å²) in [6.45, 7) is 10.3. The summed E-state index contributed by atoms with van der Waals surface area (Å²) in [7, 11) is 0. The summed E-state index contributed by atoms with van der Waals surface area (Å²) in [5.41, 5.74) is 1.25. The number of ether oxygens (including phenoxy) is 1. The van der Waals surface area contributed by atoms with Crippen molar-refractivity contribution in [3.63, 3.8) is 0 Å². The van der Waals surface area contributed by atoms with E-state index in [2.05, 4.69) is 31.5 Å². The number of nitrogens with zero attached hydrogens (tertiary/aromatic N) is 1. The highest BCUT2D eigenvalue weighted by Gasteiger charge is 2.52. The lowest BCUT2D eigenvalue weighted by Gasteiger charge is -2.42. The van der Waals surface area contributed by atoms with Crippen LogP contribution in [0.2, 0.25) is 5.02 Å². The van der Waals surface area contributed by atoms with E-state index >= 15 is 0 Å². The maximum atomic E-state index is 13.7. The molecule has 0 spiro atoms. The Morgan fingerprint density at radius 3 is 2.61 bits per heavy atom. The highest BCUT2D eigenvalue weighted by atomic mass is 79.9. The van der Waals surface area contributed by atoms with Crippen LogP contribution in [-0.4, -0.2) is 41.6 Å². The predicted molar refractivity (Wildman–Crippen MR) is 136 cm³/mol. The molecule has 2 aromatic carbocycles. The third kappa shape index (κ3) is 5.89. The first-order valence-electron chi connectivity index (χ1n) is 11.0. The van der Waals surface area contributed by atoms with Gasteiger partial charge in [0.15, 0.2) is 0 Å². The van der Waals surface area contributed by atoms with Gasteiger partial charge in [-0.3, -0.25) is 9.69 Å². The summed E-state index contributed by atoms with van der Waals surface area (Å²) in [4.78, 5) is 28.0. The number of hydrogen-bond donors (Lipinski definition) is 2. The molecule has 6 nitrogen and oxygen atoms in total. The maximum absolute atomic E-state index is 13.7. The number of hydrogen-bond acceptors (Lipinski definition) is 4. The molecule has 1 heterocycles. The molecular formula is C25H31BrClN3O3. The molecule has 0 fully saturated rings. The Balaban J connectivity index is 1.97. The molecule has 2 N–H and O–H groups in total. The number of carbonyl (C=O) groups excluding carboxylic acids is 2. The zero-order valence-electron chi connectivity index (χ0n) is 19.7. The standard InChI is InChI=1S/C25H31BrClN3O3/c1-16(2)30(11-12-33-23(32)29-24(3,4)5)25(15-17-7-6-8-19(27)13-17)20-10-9-18(26)14-21(20)28-22(25)31/h6-10,13-14,16H,11-12,15H2,1-5H3,(H,28,31)(H,29,32). The van der Waals surface area contributed by atoms with E-state index in [1.54, 1.807) is 0 Å². The summed E-state index contributed by atoms with van der Waals surface area (Å²) >= 11 is 9.76. The molecule has 0 saturated heterocycles. The van der Waals surface area contributed by atoms with E-state index in [-0.39, 0.29) is 24.1 Å². The minimum Gasteiger partial charge on any atom is -0.448 e. The van der Waals surface area contributed by atoms with Crippen molar-refractivity contribution in [2.75, 3.05) is 18.5 Å². The number of carbonyl (C=O) groups is 2. The second-order valence-electron chi connectivity index (χ2n) is 9.61. The van der Waals surface area contributed by atoms with Crippen LogP contribution in [0, 0.1) is 0 Å². The van der Waals surface area contributed by atoms with E-state index in [1.165, 1.54) is 0 Å². The first-order chi connectivity index (χ1) is 15.4. The summed E-state index contributed by atoms with van der Waals surface area (Å²) in [6, 6.07) is 13.4. The molecule has 3 rings (SSSR count). The topological polar surface area (TPSA) is 70.7 Å². The number of benzene rings is 2. The number of alkyl carbamates (subject to hydrolysis) is 1. The Labute approximate surface area is 209 Å². The molecule has 8 heteroatoms. The highest BCUT2D eigenvalue weighted by Crippen LogP contribution is 2.45. The number of rotatable bonds is 7. The van der Waals surface area contributed by atoms with Crippen LogP contribution in [-0.2, 0) is 21.5 Å². The zero-order valence-corrected chi connectivity index (χ0v) is 22.0. The van der Waals surface area contributed by atoms with Gasteiger partial charge in [-0.25, -0.2) is 4.79 Å². The SMILES string of the molecule is CC(C)N(CCOC(=O)NC(C)(C)C)C1(Cc2cccc(Cl)c2)C(=O)Nc2cc(Br)ccc21. The lowest BCUT2D eigenvalue weighted by atomic mass is 9.82. The molecule has 2 amide bonds. The van der Waals surface area contributed by atoms with Crippen molar-refractivity contribution in [3.05, 3.63) is 63.1 Å². The molecule has 33 heavy (non-hydrogen) atoms. The van der Waals surface area contributed by atoms with Gasteiger partial charge < -0.3 is 15.4 Å². The third-order valence-electron chi connectivity index (χ3n) is 5.56. The predicted octanol–water partition coefficient (Wildman–Crippen LogP) is 5.73. The minimum absolute atomic E-state index is 0.00110. The molecule has 1 unspecified atom stereocenters. The Hall–Kier alpha value is -2.09. The molecule has 0 saturated carbocycles. The Morgan fingerprint density at radius 1 is 1.24 bits per heavy atom. The van der Waals surface area contributed by atoms with E-state index in [1.807, 2.05) is 77.1 Å². The van der Waals surface area contributed by atoms with Gasteiger partial charge in [0, 0.05) is 45.3 Å². The molecule has 2 aromatic rings. The van der Waals surface area contributed by atoms with Gasteiger partial charge in [0.1, 0.15) is 12.1 Å². The van der Waals surface area contributed by atoms with Crippen LogP contribution >= 0.6 is 27.5 Å².